The second-order valence-electron chi connectivity index (χ2n) is 5.54. The van der Waals surface area contributed by atoms with Gasteiger partial charge in [0, 0.05) is 24.2 Å². The summed E-state index contributed by atoms with van der Waals surface area (Å²) < 4.78 is 6.24. The molecule has 3 heteroatoms. The molecular weight excluding hydrogens is 248 g/mol. The maximum atomic E-state index is 6.24. The molecular formula is C17H22N2O. The van der Waals surface area contributed by atoms with Crippen LogP contribution in [0, 0.1) is 0 Å². The number of nitrogens with zero attached hydrogens (tertiary/aromatic N) is 1. The Kier molecular flexibility index (Phi) is 4.16. The molecule has 0 aliphatic heterocycles. The van der Waals surface area contributed by atoms with Crippen molar-refractivity contribution in [2.45, 2.75) is 44.8 Å². The Bertz CT molecular complexity index is 560. The predicted molar refractivity (Wildman–Crippen MR) is 82.1 cm³/mol. The van der Waals surface area contributed by atoms with E-state index >= 15 is 0 Å². The average Bonchev–Trinajstić information content (AvgIpc) is 3.30. The highest BCUT2D eigenvalue weighted by Crippen LogP contribution is 2.26. The highest BCUT2D eigenvalue weighted by atomic mass is 16.5. The first-order valence-electron chi connectivity index (χ1n) is 7.60. The smallest absolute Gasteiger partial charge is 0.129 e. The van der Waals surface area contributed by atoms with Crippen molar-refractivity contribution in [2.24, 2.45) is 0 Å². The number of hydrogen-bond acceptors (Lipinski definition) is 3. The van der Waals surface area contributed by atoms with Crippen molar-refractivity contribution in [3.05, 3.63) is 36.5 Å². The summed E-state index contributed by atoms with van der Waals surface area (Å²) >= 11 is 0. The molecule has 3 nitrogen and oxygen atoms in total. The van der Waals surface area contributed by atoms with Crippen LogP contribution < -0.4 is 10.1 Å². The largest absolute Gasteiger partial charge is 0.488 e. The summed E-state index contributed by atoms with van der Waals surface area (Å²) in [5, 5.41) is 4.67. The molecule has 1 aliphatic carbocycles. The standard InChI is InChI=1S/C17H22N2O/c1-2-5-14(12-19-13-9-10-13)20-17-8-3-7-16-15(17)6-4-11-18-16/h3-4,6-8,11,13-14,19H,2,5,9-10,12H2,1H3. The van der Waals surface area contributed by atoms with Crippen LogP contribution in [0.15, 0.2) is 36.5 Å². The summed E-state index contributed by atoms with van der Waals surface area (Å²) in [5.41, 5.74) is 0.996. The number of hydrogen-bond donors (Lipinski definition) is 1. The van der Waals surface area contributed by atoms with Crippen molar-refractivity contribution in [1.29, 1.82) is 0 Å². The molecule has 106 valence electrons. The van der Waals surface area contributed by atoms with Crippen molar-refractivity contribution in [1.82, 2.24) is 10.3 Å². The second kappa shape index (κ2) is 6.23. The first kappa shape index (κ1) is 13.4. The minimum Gasteiger partial charge on any atom is -0.488 e. The number of fused-ring (bicyclic) bond motifs is 1. The van der Waals surface area contributed by atoms with Gasteiger partial charge in [-0.25, -0.2) is 0 Å². The fourth-order valence-electron chi connectivity index (χ4n) is 2.47. The van der Waals surface area contributed by atoms with Crippen molar-refractivity contribution >= 4 is 10.9 Å². The number of nitrogens with one attached hydrogen (secondary N) is 1. The summed E-state index contributed by atoms with van der Waals surface area (Å²) in [4.78, 5) is 4.38. The van der Waals surface area contributed by atoms with Gasteiger partial charge in [0.1, 0.15) is 11.9 Å². The fourth-order valence-corrected chi connectivity index (χ4v) is 2.47. The molecule has 1 fully saturated rings. The summed E-state index contributed by atoms with van der Waals surface area (Å²) in [7, 11) is 0. The Balaban J connectivity index is 1.74. The zero-order valence-corrected chi connectivity index (χ0v) is 12.0. The Morgan fingerprint density at radius 3 is 3.00 bits per heavy atom. The Morgan fingerprint density at radius 2 is 2.20 bits per heavy atom. The first-order chi connectivity index (χ1) is 9.86. The van der Waals surface area contributed by atoms with Crippen molar-refractivity contribution in [3.8, 4) is 5.75 Å². The Labute approximate surface area is 120 Å². The predicted octanol–water partition coefficient (Wildman–Crippen LogP) is 3.53. The van der Waals surface area contributed by atoms with E-state index in [0.29, 0.717) is 0 Å². The van der Waals surface area contributed by atoms with Crippen molar-refractivity contribution < 1.29 is 4.74 Å². The lowest BCUT2D eigenvalue weighted by atomic mass is 10.1. The highest BCUT2D eigenvalue weighted by molar-refractivity contribution is 5.84. The zero-order chi connectivity index (χ0) is 13.8. The summed E-state index contributed by atoms with van der Waals surface area (Å²) in [6.45, 7) is 3.15. The molecule has 0 amide bonds. The van der Waals surface area contributed by atoms with Crippen LogP contribution in [0.5, 0.6) is 5.75 Å². The van der Waals surface area contributed by atoms with E-state index in [0.717, 1.165) is 42.1 Å². The van der Waals surface area contributed by atoms with Gasteiger partial charge in [-0.15, -0.1) is 0 Å². The lowest BCUT2D eigenvalue weighted by Gasteiger charge is -2.20. The topological polar surface area (TPSA) is 34.1 Å². The van der Waals surface area contributed by atoms with Gasteiger partial charge in [-0.05, 0) is 43.5 Å². The van der Waals surface area contributed by atoms with E-state index in [1.54, 1.807) is 0 Å². The van der Waals surface area contributed by atoms with Gasteiger partial charge in [-0.3, -0.25) is 4.98 Å². The zero-order valence-electron chi connectivity index (χ0n) is 12.0. The summed E-state index contributed by atoms with van der Waals surface area (Å²) in [6.07, 6.45) is 6.92. The van der Waals surface area contributed by atoms with E-state index in [4.69, 9.17) is 4.74 Å². The lowest BCUT2D eigenvalue weighted by Crippen LogP contribution is -2.32. The van der Waals surface area contributed by atoms with Crippen molar-refractivity contribution in [3.63, 3.8) is 0 Å². The van der Waals surface area contributed by atoms with Crippen molar-refractivity contribution in [2.75, 3.05) is 6.54 Å². The molecule has 0 radical (unpaired) electrons. The van der Waals surface area contributed by atoms with Crippen LogP contribution in [0.2, 0.25) is 0 Å². The van der Waals surface area contributed by atoms with E-state index in [2.05, 4.69) is 23.3 Å². The van der Waals surface area contributed by atoms with Crippen LogP contribution in [-0.2, 0) is 0 Å². The van der Waals surface area contributed by atoms with Gasteiger partial charge in [0.25, 0.3) is 0 Å². The molecule has 0 saturated heterocycles. The first-order valence-corrected chi connectivity index (χ1v) is 7.60. The van der Waals surface area contributed by atoms with E-state index in [1.807, 2.05) is 30.5 Å². The SMILES string of the molecule is CCCC(CNC1CC1)Oc1cccc2ncccc12. The Morgan fingerprint density at radius 1 is 1.30 bits per heavy atom. The molecule has 1 saturated carbocycles. The minimum absolute atomic E-state index is 0.242. The van der Waals surface area contributed by atoms with Gasteiger partial charge in [0.05, 0.1) is 5.52 Å². The Hall–Kier alpha value is -1.61. The molecule has 0 spiro atoms. The maximum Gasteiger partial charge on any atom is 0.129 e. The van der Waals surface area contributed by atoms with Gasteiger partial charge < -0.3 is 10.1 Å². The molecule has 1 unspecified atom stereocenters. The van der Waals surface area contributed by atoms with Gasteiger partial charge in [0.15, 0.2) is 0 Å². The van der Waals surface area contributed by atoms with E-state index in [1.165, 1.54) is 12.8 Å². The third-order valence-corrected chi connectivity index (χ3v) is 3.72. The summed E-state index contributed by atoms with van der Waals surface area (Å²) in [6, 6.07) is 10.9. The second-order valence-corrected chi connectivity index (χ2v) is 5.54. The van der Waals surface area contributed by atoms with Crippen LogP contribution in [0.1, 0.15) is 32.6 Å². The normalized spacial score (nSPS) is 16.2. The van der Waals surface area contributed by atoms with Gasteiger partial charge >= 0.3 is 0 Å². The van der Waals surface area contributed by atoms with Crippen LogP contribution in [0.25, 0.3) is 10.9 Å². The van der Waals surface area contributed by atoms with E-state index in [9.17, 15) is 0 Å². The molecule has 1 aromatic heterocycles. The number of rotatable bonds is 7. The van der Waals surface area contributed by atoms with Crippen LogP contribution in [-0.4, -0.2) is 23.7 Å². The number of aromatic nitrogens is 1. The molecule has 1 atom stereocenters. The molecule has 2 aromatic rings. The van der Waals surface area contributed by atoms with Gasteiger partial charge in [-0.1, -0.05) is 19.4 Å². The highest BCUT2D eigenvalue weighted by Gasteiger charge is 2.22. The maximum absolute atomic E-state index is 6.24. The van der Waals surface area contributed by atoms with Gasteiger partial charge in [0.2, 0.25) is 0 Å². The van der Waals surface area contributed by atoms with E-state index < -0.39 is 0 Å². The summed E-state index contributed by atoms with van der Waals surface area (Å²) in [5.74, 6) is 0.951. The number of pyridine rings is 1. The molecule has 1 aromatic carbocycles. The molecule has 0 bridgehead atoms. The third-order valence-electron chi connectivity index (χ3n) is 3.72. The number of ether oxygens (including phenoxy) is 1. The average molecular weight is 270 g/mol. The molecule has 1 N–H and O–H groups in total. The van der Waals surface area contributed by atoms with Crippen LogP contribution >= 0.6 is 0 Å². The fraction of sp³-hybridized carbons (Fsp3) is 0.471. The molecule has 3 rings (SSSR count). The molecule has 1 aliphatic rings. The third kappa shape index (κ3) is 3.28. The van der Waals surface area contributed by atoms with Crippen LogP contribution in [0.4, 0.5) is 0 Å². The quantitative estimate of drug-likeness (QED) is 0.835. The molecule has 20 heavy (non-hydrogen) atoms. The van der Waals surface area contributed by atoms with Crippen LogP contribution in [0.3, 0.4) is 0 Å². The molecule has 1 heterocycles. The lowest BCUT2D eigenvalue weighted by molar-refractivity contribution is 0.188. The van der Waals surface area contributed by atoms with E-state index in [-0.39, 0.29) is 6.10 Å². The minimum atomic E-state index is 0.242. The number of benzene rings is 1. The monoisotopic (exact) mass is 270 g/mol. The van der Waals surface area contributed by atoms with Gasteiger partial charge in [-0.2, -0.15) is 0 Å².